The zero-order valence-electron chi connectivity index (χ0n) is 12.9. The fourth-order valence-corrected chi connectivity index (χ4v) is 2.49. The van der Waals surface area contributed by atoms with Gasteiger partial charge in [0.1, 0.15) is 0 Å². The van der Waals surface area contributed by atoms with Crippen molar-refractivity contribution in [3.63, 3.8) is 0 Å². The van der Waals surface area contributed by atoms with Gasteiger partial charge in [-0.25, -0.2) is 0 Å². The van der Waals surface area contributed by atoms with Gasteiger partial charge in [0.25, 0.3) is 5.91 Å². The first-order chi connectivity index (χ1) is 9.96. The first kappa shape index (κ1) is 15.6. The van der Waals surface area contributed by atoms with Crippen LogP contribution < -0.4 is 9.47 Å². The topological polar surface area (TPSA) is 59.0 Å². The molecule has 1 aromatic rings. The van der Waals surface area contributed by atoms with Crippen molar-refractivity contribution in [1.82, 2.24) is 4.90 Å². The highest BCUT2D eigenvalue weighted by Gasteiger charge is 2.34. The van der Waals surface area contributed by atoms with Crippen molar-refractivity contribution < 1.29 is 19.4 Å². The Morgan fingerprint density at radius 1 is 1.29 bits per heavy atom. The number of carbonyl (C=O) groups excluding carboxylic acids is 1. The van der Waals surface area contributed by atoms with E-state index < -0.39 is 5.60 Å². The average Bonchev–Trinajstić information content (AvgIpc) is 2.81. The number of hydrogen-bond acceptors (Lipinski definition) is 4. The molecule has 1 aromatic carbocycles. The maximum atomic E-state index is 12.5. The number of hydrogen-bond donors (Lipinski definition) is 1. The Bertz CT molecular complexity index is 513. The van der Waals surface area contributed by atoms with Crippen LogP contribution in [0.25, 0.3) is 0 Å². The zero-order chi connectivity index (χ0) is 15.5. The third-order valence-electron chi connectivity index (χ3n) is 3.53. The highest BCUT2D eigenvalue weighted by molar-refractivity contribution is 5.95. The number of amides is 1. The molecule has 0 spiro atoms. The molecule has 2 rings (SSSR count). The van der Waals surface area contributed by atoms with Crippen LogP contribution in [0.5, 0.6) is 11.5 Å². The SMILES string of the molecule is CCOc1ccc(C(=O)N2CCC(C)(O)C2)cc1OCC. The van der Waals surface area contributed by atoms with Crippen molar-refractivity contribution in [2.45, 2.75) is 32.8 Å². The van der Waals surface area contributed by atoms with Crippen molar-refractivity contribution in [2.75, 3.05) is 26.3 Å². The predicted octanol–water partition coefficient (Wildman–Crippen LogP) is 2.08. The minimum Gasteiger partial charge on any atom is -0.490 e. The second-order valence-electron chi connectivity index (χ2n) is 5.50. The van der Waals surface area contributed by atoms with E-state index in [1.807, 2.05) is 13.8 Å². The van der Waals surface area contributed by atoms with Gasteiger partial charge in [-0.15, -0.1) is 0 Å². The monoisotopic (exact) mass is 293 g/mol. The third-order valence-corrected chi connectivity index (χ3v) is 3.53. The fourth-order valence-electron chi connectivity index (χ4n) is 2.49. The first-order valence-corrected chi connectivity index (χ1v) is 7.38. The molecule has 1 unspecified atom stereocenters. The summed E-state index contributed by atoms with van der Waals surface area (Å²) in [4.78, 5) is 14.2. The van der Waals surface area contributed by atoms with Crippen LogP contribution in [0.15, 0.2) is 18.2 Å². The summed E-state index contributed by atoms with van der Waals surface area (Å²) in [6, 6.07) is 5.21. The largest absolute Gasteiger partial charge is 0.490 e. The second kappa shape index (κ2) is 6.35. The van der Waals surface area contributed by atoms with Crippen LogP contribution >= 0.6 is 0 Å². The zero-order valence-corrected chi connectivity index (χ0v) is 12.9. The predicted molar refractivity (Wildman–Crippen MR) is 79.9 cm³/mol. The standard InChI is InChI=1S/C16H23NO4/c1-4-20-13-7-6-12(10-14(13)21-5-2)15(18)17-9-8-16(3,19)11-17/h6-7,10,19H,4-5,8-9,11H2,1-3H3. The summed E-state index contributed by atoms with van der Waals surface area (Å²) in [6.45, 7) is 7.54. The van der Waals surface area contributed by atoms with Crippen molar-refractivity contribution in [1.29, 1.82) is 0 Å². The van der Waals surface area contributed by atoms with E-state index >= 15 is 0 Å². The number of nitrogens with zero attached hydrogens (tertiary/aromatic N) is 1. The Balaban J connectivity index is 2.19. The van der Waals surface area contributed by atoms with Gasteiger partial charge >= 0.3 is 0 Å². The number of carbonyl (C=O) groups is 1. The van der Waals surface area contributed by atoms with E-state index in [1.165, 1.54) is 0 Å². The van der Waals surface area contributed by atoms with Gasteiger partial charge in [-0.1, -0.05) is 0 Å². The maximum absolute atomic E-state index is 12.5. The molecule has 116 valence electrons. The lowest BCUT2D eigenvalue weighted by Crippen LogP contribution is -2.33. The van der Waals surface area contributed by atoms with Gasteiger partial charge in [-0.2, -0.15) is 0 Å². The minimum absolute atomic E-state index is 0.0863. The Labute approximate surface area is 125 Å². The highest BCUT2D eigenvalue weighted by Crippen LogP contribution is 2.30. The fraction of sp³-hybridized carbons (Fsp3) is 0.562. The Kier molecular flexibility index (Phi) is 4.73. The number of β-amino-alcohol motifs (C(OH)–C–C–N with tert-alkyl or cyclic N) is 1. The Morgan fingerprint density at radius 2 is 1.95 bits per heavy atom. The van der Waals surface area contributed by atoms with Crippen LogP contribution in [0.2, 0.25) is 0 Å². The molecule has 0 aromatic heterocycles. The molecule has 1 aliphatic heterocycles. The summed E-state index contributed by atoms with van der Waals surface area (Å²) in [5.74, 6) is 1.14. The summed E-state index contributed by atoms with van der Waals surface area (Å²) in [5.41, 5.74) is -0.233. The van der Waals surface area contributed by atoms with Crippen molar-refractivity contribution in [3.8, 4) is 11.5 Å². The molecule has 0 aliphatic carbocycles. The lowest BCUT2D eigenvalue weighted by Gasteiger charge is -2.20. The second-order valence-corrected chi connectivity index (χ2v) is 5.50. The van der Waals surface area contributed by atoms with Gasteiger partial charge in [0.15, 0.2) is 11.5 Å². The van der Waals surface area contributed by atoms with Crippen LogP contribution in [0.4, 0.5) is 0 Å². The molecule has 5 nitrogen and oxygen atoms in total. The van der Waals surface area contributed by atoms with E-state index in [4.69, 9.17) is 9.47 Å². The number of likely N-dealkylation sites (tertiary alicyclic amines) is 1. The summed E-state index contributed by atoms with van der Waals surface area (Å²) in [7, 11) is 0. The maximum Gasteiger partial charge on any atom is 0.254 e. The quantitative estimate of drug-likeness (QED) is 0.903. The Morgan fingerprint density at radius 3 is 2.52 bits per heavy atom. The van der Waals surface area contributed by atoms with Crippen LogP contribution in [0.1, 0.15) is 37.6 Å². The molecule has 0 saturated carbocycles. The number of ether oxygens (including phenoxy) is 2. The lowest BCUT2D eigenvalue weighted by molar-refractivity contribution is 0.0572. The van der Waals surface area contributed by atoms with E-state index in [9.17, 15) is 9.90 Å². The smallest absolute Gasteiger partial charge is 0.254 e. The van der Waals surface area contributed by atoms with E-state index in [-0.39, 0.29) is 5.91 Å². The summed E-state index contributed by atoms with van der Waals surface area (Å²) in [6.07, 6.45) is 0.605. The molecule has 1 atom stereocenters. The molecular weight excluding hydrogens is 270 g/mol. The summed E-state index contributed by atoms with van der Waals surface area (Å²) in [5, 5.41) is 9.97. The molecule has 1 fully saturated rings. The van der Waals surface area contributed by atoms with Gasteiger partial charge in [-0.3, -0.25) is 4.79 Å². The van der Waals surface area contributed by atoms with E-state index in [2.05, 4.69) is 0 Å². The summed E-state index contributed by atoms with van der Waals surface area (Å²) < 4.78 is 11.0. The highest BCUT2D eigenvalue weighted by atomic mass is 16.5. The first-order valence-electron chi connectivity index (χ1n) is 7.38. The van der Waals surface area contributed by atoms with E-state index in [1.54, 1.807) is 30.0 Å². The van der Waals surface area contributed by atoms with Crippen molar-refractivity contribution in [2.24, 2.45) is 0 Å². The molecule has 1 aliphatic rings. The molecular formula is C16H23NO4. The van der Waals surface area contributed by atoms with E-state index in [0.29, 0.717) is 49.8 Å². The van der Waals surface area contributed by atoms with Gasteiger partial charge in [0.05, 0.1) is 18.8 Å². The molecule has 1 heterocycles. The van der Waals surface area contributed by atoms with Gasteiger partial charge in [-0.05, 0) is 45.4 Å². The number of aliphatic hydroxyl groups is 1. The average molecular weight is 293 g/mol. The van der Waals surface area contributed by atoms with Crippen LogP contribution in [0, 0.1) is 0 Å². The molecule has 5 heteroatoms. The van der Waals surface area contributed by atoms with Crippen LogP contribution in [-0.2, 0) is 0 Å². The molecule has 1 saturated heterocycles. The minimum atomic E-state index is -0.788. The molecule has 1 N–H and O–H groups in total. The van der Waals surface area contributed by atoms with Gasteiger partial charge < -0.3 is 19.5 Å². The molecule has 1 amide bonds. The normalized spacial score (nSPS) is 21.4. The molecule has 21 heavy (non-hydrogen) atoms. The van der Waals surface area contributed by atoms with Gasteiger partial charge in [0.2, 0.25) is 0 Å². The lowest BCUT2D eigenvalue weighted by atomic mass is 10.1. The van der Waals surface area contributed by atoms with E-state index in [0.717, 1.165) is 0 Å². The molecule has 0 radical (unpaired) electrons. The van der Waals surface area contributed by atoms with Gasteiger partial charge in [0, 0.05) is 18.7 Å². The third kappa shape index (κ3) is 3.67. The van der Waals surface area contributed by atoms with Crippen molar-refractivity contribution >= 4 is 5.91 Å². The van der Waals surface area contributed by atoms with Crippen LogP contribution in [-0.4, -0.2) is 47.8 Å². The Hall–Kier alpha value is -1.75. The molecule has 0 bridgehead atoms. The number of rotatable bonds is 5. The summed E-state index contributed by atoms with van der Waals surface area (Å²) >= 11 is 0. The number of benzene rings is 1. The van der Waals surface area contributed by atoms with Crippen molar-refractivity contribution in [3.05, 3.63) is 23.8 Å². The van der Waals surface area contributed by atoms with Crippen LogP contribution in [0.3, 0.4) is 0 Å².